The first-order valence-corrected chi connectivity index (χ1v) is 5.98. The predicted octanol–water partition coefficient (Wildman–Crippen LogP) is 0.867. The number of rotatable bonds is 5. The Balaban J connectivity index is 2.37. The number of carbonyl (C=O) groups excluding carboxylic acids is 2. The first kappa shape index (κ1) is 13.4. The van der Waals surface area contributed by atoms with Crippen LogP contribution in [0.4, 0.5) is 0 Å². The van der Waals surface area contributed by atoms with E-state index in [0.717, 1.165) is 11.4 Å². The van der Waals surface area contributed by atoms with E-state index in [4.69, 9.17) is 9.47 Å². The third-order valence-electron chi connectivity index (χ3n) is 2.95. The van der Waals surface area contributed by atoms with Crippen LogP contribution in [0.1, 0.15) is 27.6 Å². The standard InChI is InChI=1S/C13H16N2O4/c1-4-14-7-19-11-6-9-8(5-10(11)18-3)12(16)15(2)13(9)17/h5-6,14H,4,7H2,1-3H3. The molecule has 0 saturated carbocycles. The summed E-state index contributed by atoms with van der Waals surface area (Å²) in [6, 6.07) is 3.09. The molecule has 19 heavy (non-hydrogen) atoms. The first-order valence-electron chi connectivity index (χ1n) is 5.98. The van der Waals surface area contributed by atoms with Crippen LogP contribution in [0.3, 0.4) is 0 Å². The van der Waals surface area contributed by atoms with Gasteiger partial charge in [0.1, 0.15) is 6.73 Å². The van der Waals surface area contributed by atoms with Crippen molar-refractivity contribution >= 4 is 11.8 Å². The van der Waals surface area contributed by atoms with Crippen molar-refractivity contribution in [1.82, 2.24) is 10.2 Å². The molecule has 0 unspecified atom stereocenters. The minimum atomic E-state index is -0.323. The van der Waals surface area contributed by atoms with Crippen molar-refractivity contribution in [3.05, 3.63) is 23.3 Å². The molecule has 102 valence electrons. The monoisotopic (exact) mass is 264 g/mol. The molecule has 1 aliphatic rings. The molecule has 6 heteroatoms. The zero-order valence-corrected chi connectivity index (χ0v) is 11.1. The van der Waals surface area contributed by atoms with Crippen molar-refractivity contribution in [3.63, 3.8) is 0 Å². The van der Waals surface area contributed by atoms with Gasteiger partial charge in [0.2, 0.25) is 0 Å². The Labute approximate surface area is 111 Å². The van der Waals surface area contributed by atoms with Gasteiger partial charge in [-0.1, -0.05) is 6.92 Å². The smallest absolute Gasteiger partial charge is 0.261 e. The van der Waals surface area contributed by atoms with Crippen molar-refractivity contribution in [2.24, 2.45) is 0 Å². The molecule has 1 N–H and O–H groups in total. The third kappa shape index (κ3) is 2.26. The van der Waals surface area contributed by atoms with Crippen LogP contribution in [-0.4, -0.2) is 44.1 Å². The van der Waals surface area contributed by atoms with Crippen LogP contribution >= 0.6 is 0 Å². The lowest BCUT2D eigenvalue weighted by Crippen LogP contribution is -2.24. The van der Waals surface area contributed by atoms with E-state index < -0.39 is 0 Å². The second kappa shape index (κ2) is 5.27. The summed E-state index contributed by atoms with van der Waals surface area (Å²) >= 11 is 0. The van der Waals surface area contributed by atoms with Gasteiger partial charge in [-0.25, -0.2) is 0 Å². The Bertz CT molecular complexity index is 528. The number of ether oxygens (including phenoxy) is 2. The summed E-state index contributed by atoms with van der Waals surface area (Å²) in [5.41, 5.74) is 0.694. The molecule has 0 atom stereocenters. The van der Waals surface area contributed by atoms with Crippen LogP contribution < -0.4 is 14.8 Å². The maximum absolute atomic E-state index is 11.9. The third-order valence-corrected chi connectivity index (χ3v) is 2.95. The quantitative estimate of drug-likeness (QED) is 0.485. The van der Waals surface area contributed by atoms with E-state index in [1.165, 1.54) is 14.2 Å². The average molecular weight is 264 g/mol. The van der Waals surface area contributed by atoms with Crippen LogP contribution in [0, 0.1) is 0 Å². The van der Waals surface area contributed by atoms with Gasteiger partial charge in [-0.05, 0) is 18.7 Å². The lowest BCUT2D eigenvalue weighted by molar-refractivity contribution is 0.0693. The molecular weight excluding hydrogens is 248 g/mol. The number of fused-ring (bicyclic) bond motifs is 1. The summed E-state index contributed by atoms with van der Waals surface area (Å²) < 4.78 is 10.7. The summed E-state index contributed by atoms with van der Waals surface area (Å²) in [4.78, 5) is 24.8. The van der Waals surface area contributed by atoms with Gasteiger partial charge in [-0.3, -0.25) is 19.8 Å². The van der Waals surface area contributed by atoms with Crippen molar-refractivity contribution in [2.75, 3.05) is 27.4 Å². The summed E-state index contributed by atoms with van der Waals surface area (Å²) in [6.45, 7) is 3.04. The fourth-order valence-electron chi connectivity index (χ4n) is 1.87. The van der Waals surface area contributed by atoms with E-state index in [2.05, 4.69) is 5.32 Å². The van der Waals surface area contributed by atoms with Gasteiger partial charge >= 0.3 is 0 Å². The molecule has 1 aliphatic heterocycles. The van der Waals surface area contributed by atoms with Crippen molar-refractivity contribution in [2.45, 2.75) is 6.92 Å². The van der Waals surface area contributed by atoms with Crippen LogP contribution in [0.2, 0.25) is 0 Å². The van der Waals surface area contributed by atoms with Gasteiger partial charge in [-0.15, -0.1) is 0 Å². The highest BCUT2D eigenvalue weighted by atomic mass is 16.5. The Morgan fingerprint density at radius 2 is 1.74 bits per heavy atom. The Morgan fingerprint density at radius 3 is 2.26 bits per heavy atom. The Morgan fingerprint density at radius 1 is 1.16 bits per heavy atom. The van der Waals surface area contributed by atoms with E-state index in [1.807, 2.05) is 6.92 Å². The highest BCUT2D eigenvalue weighted by molar-refractivity contribution is 6.21. The molecule has 0 aromatic heterocycles. The van der Waals surface area contributed by atoms with Crippen LogP contribution in [0.5, 0.6) is 11.5 Å². The number of methoxy groups -OCH3 is 1. The van der Waals surface area contributed by atoms with Gasteiger partial charge in [-0.2, -0.15) is 0 Å². The molecule has 0 fully saturated rings. The number of nitrogens with zero attached hydrogens (tertiary/aromatic N) is 1. The molecule has 0 saturated heterocycles. The fourth-order valence-corrected chi connectivity index (χ4v) is 1.87. The first-order chi connectivity index (χ1) is 9.10. The molecule has 0 radical (unpaired) electrons. The van der Waals surface area contributed by atoms with Gasteiger partial charge < -0.3 is 9.47 Å². The summed E-state index contributed by atoms with van der Waals surface area (Å²) in [5, 5.41) is 3.00. The summed E-state index contributed by atoms with van der Waals surface area (Å²) in [7, 11) is 2.95. The van der Waals surface area contributed by atoms with E-state index in [-0.39, 0.29) is 11.8 Å². The Hall–Kier alpha value is -2.08. The molecule has 0 aliphatic carbocycles. The van der Waals surface area contributed by atoms with E-state index >= 15 is 0 Å². The maximum atomic E-state index is 11.9. The van der Waals surface area contributed by atoms with Crippen molar-refractivity contribution in [3.8, 4) is 11.5 Å². The summed E-state index contributed by atoms with van der Waals surface area (Å²) in [5.74, 6) is 0.235. The van der Waals surface area contributed by atoms with Crippen molar-refractivity contribution < 1.29 is 19.1 Å². The van der Waals surface area contributed by atoms with Crippen LogP contribution in [0.25, 0.3) is 0 Å². The molecular formula is C13H16N2O4. The molecule has 1 heterocycles. The SMILES string of the molecule is CCNCOc1cc2c(cc1OC)C(=O)N(C)C2=O. The van der Waals surface area contributed by atoms with Gasteiger partial charge in [0.15, 0.2) is 11.5 Å². The highest BCUT2D eigenvalue weighted by Crippen LogP contribution is 2.34. The molecule has 0 spiro atoms. The number of imide groups is 1. The lowest BCUT2D eigenvalue weighted by atomic mass is 10.1. The number of amides is 2. The lowest BCUT2D eigenvalue weighted by Gasteiger charge is -2.11. The molecule has 1 aromatic rings. The van der Waals surface area contributed by atoms with Gasteiger partial charge in [0, 0.05) is 7.05 Å². The maximum Gasteiger partial charge on any atom is 0.261 e. The number of hydrogen-bond donors (Lipinski definition) is 1. The fraction of sp³-hybridized carbons (Fsp3) is 0.385. The van der Waals surface area contributed by atoms with E-state index in [0.29, 0.717) is 29.4 Å². The minimum absolute atomic E-state index is 0.309. The van der Waals surface area contributed by atoms with Gasteiger partial charge in [0.05, 0.1) is 18.2 Å². The van der Waals surface area contributed by atoms with Crippen LogP contribution in [0.15, 0.2) is 12.1 Å². The second-order valence-electron chi connectivity index (χ2n) is 4.11. The van der Waals surface area contributed by atoms with E-state index in [9.17, 15) is 9.59 Å². The average Bonchev–Trinajstić information content (AvgIpc) is 2.63. The predicted molar refractivity (Wildman–Crippen MR) is 68.6 cm³/mol. The number of hydrogen-bond acceptors (Lipinski definition) is 5. The second-order valence-corrected chi connectivity index (χ2v) is 4.11. The molecule has 2 amide bonds. The Kier molecular flexibility index (Phi) is 3.71. The molecule has 0 bridgehead atoms. The number of nitrogens with one attached hydrogen (secondary N) is 1. The summed E-state index contributed by atoms with van der Waals surface area (Å²) in [6.07, 6.45) is 0. The zero-order valence-electron chi connectivity index (χ0n) is 11.1. The topological polar surface area (TPSA) is 67.9 Å². The van der Waals surface area contributed by atoms with Gasteiger partial charge in [0.25, 0.3) is 11.8 Å². The highest BCUT2D eigenvalue weighted by Gasteiger charge is 2.34. The van der Waals surface area contributed by atoms with E-state index in [1.54, 1.807) is 12.1 Å². The molecule has 6 nitrogen and oxygen atoms in total. The molecule has 2 rings (SSSR count). The normalized spacial score (nSPS) is 13.7. The van der Waals surface area contributed by atoms with Crippen molar-refractivity contribution in [1.29, 1.82) is 0 Å². The minimum Gasteiger partial charge on any atom is -0.493 e. The zero-order chi connectivity index (χ0) is 14.0. The number of benzene rings is 1. The number of carbonyl (C=O) groups is 2. The van der Waals surface area contributed by atoms with Crippen LogP contribution in [-0.2, 0) is 0 Å². The molecule has 1 aromatic carbocycles. The largest absolute Gasteiger partial charge is 0.493 e.